The third-order valence-electron chi connectivity index (χ3n) is 1.39. The van der Waals surface area contributed by atoms with Crippen molar-refractivity contribution < 1.29 is 42.1 Å². The van der Waals surface area contributed by atoms with Gasteiger partial charge in [0.05, 0.1) is 10.4 Å². The van der Waals surface area contributed by atoms with Gasteiger partial charge in [-0.2, -0.15) is 0 Å². The third kappa shape index (κ3) is 4.68. The third-order valence-corrected chi connectivity index (χ3v) is 2.92. The number of halogens is 3. The van der Waals surface area contributed by atoms with Crippen LogP contribution in [0.15, 0.2) is 10.1 Å². The molecule has 0 heterocycles. The zero-order valence-electron chi connectivity index (χ0n) is 5.47. The van der Waals surface area contributed by atoms with Crippen molar-refractivity contribution >= 4 is 34.8 Å². The molecule has 0 aromatic carbocycles. The van der Waals surface area contributed by atoms with E-state index in [2.05, 4.69) is 0 Å². The van der Waals surface area contributed by atoms with Gasteiger partial charge in [0.15, 0.2) is 0 Å². The Balaban J connectivity index is 0. The van der Waals surface area contributed by atoms with Gasteiger partial charge in [0.1, 0.15) is 0 Å². The predicted molar refractivity (Wildman–Crippen MR) is 42.2 cm³/mol. The predicted octanol–water partition coefficient (Wildman–Crippen LogP) is 3.46. The Morgan fingerprint density at radius 2 is 1.73 bits per heavy atom. The molecule has 0 radical (unpaired) electrons. The Labute approximate surface area is 111 Å². The van der Waals surface area contributed by atoms with Crippen molar-refractivity contribution in [3.05, 3.63) is 10.1 Å². The SMILES string of the molecule is ClC1=C(Cl)C(Cl)CCC1.[Pt].[Pt]. The van der Waals surface area contributed by atoms with Crippen LogP contribution in [0.2, 0.25) is 0 Å². The van der Waals surface area contributed by atoms with Gasteiger partial charge >= 0.3 is 0 Å². The van der Waals surface area contributed by atoms with Crippen LogP contribution in [0.3, 0.4) is 0 Å². The smallest absolute Gasteiger partial charge is 0.0704 e. The molecule has 1 aliphatic rings. The number of hydrogen-bond acceptors (Lipinski definition) is 0. The van der Waals surface area contributed by atoms with Crippen molar-refractivity contribution in [1.82, 2.24) is 0 Å². The van der Waals surface area contributed by atoms with Crippen molar-refractivity contribution in [3.8, 4) is 0 Å². The van der Waals surface area contributed by atoms with Crippen LogP contribution in [0.25, 0.3) is 0 Å². The molecule has 0 saturated heterocycles. The molecule has 0 nitrogen and oxygen atoms in total. The fourth-order valence-electron chi connectivity index (χ4n) is 0.853. The summed E-state index contributed by atoms with van der Waals surface area (Å²) in [5.41, 5.74) is 0. The molecule has 0 aliphatic heterocycles. The molecule has 5 heteroatoms. The molecule has 0 bridgehead atoms. The second kappa shape index (κ2) is 7.40. The topological polar surface area (TPSA) is 0 Å². The van der Waals surface area contributed by atoms with Gasteiger partial charge in [-0.05, 0) is 19.3 Å². The van der Waals surface area contributed by atoms with E-state index in [1.54, 1.807) is 0 Å². The van der Waals surface area contributed by atoms with Crippen molar-refractivity contribution in [2.75, 3.05) is 0 Å². The van der Waals surface area contributed by atoms with Gasteiger partial charge in [-0.1, -0.05) is 23.2 Å². The maximum Gasteiger partial charge on any atom is 0.0704 e. The van der Waals surface area contributed by atoms with E-state index in [4.69, 9.17) is 34.8 Å². The van der Waals surface area contributed by atoms with E-state index < -0.39 is 0 Å². The first-order valence-corrected chi connectivity index (χ1v) is 4.09. The minimum Gasteiger partial charge on any atom is -0.117 e. The molecule has 0 amide bonds. The second-order valence-corrected chi connectivity index (χ2v) is 3.50. The molecule has 1 aliphatic carbocycles. The van der Waals surface area contributed by atoms with E-state index in [1.807, 2.05) is 0 Å². The molecule has 0 aromatic heterocycles. The molecule has 1 unspecified atom stereocenters. The van der Waals surface area contributed by atoms with E-state index >= 15 is 0 Å². The minimum atomic E-state index is -0.0343. The number of hydrogen-bond donors (Lipinski definition) is 0. The standard InChI is InChI=1S/C6H7Cl3.2Pt/c7-4-2-1-3-5(8)6(4)9;;/h4H,1-3H2;;. The zero-order valence-corrected chi connectivity index (χ0v) is 12.3. The molecule has 0 aromatic rings. The molecule has 0 N–H and O–H groups in total. The van der Waals surface area contributed by atoms with Gasteiger partial charge in [-0.3, -0.25) is 0 Å². The van der Waals surface area contributed by atoms with Gasteiger partial charge in [0, 0.05) is 47.2 Å². The Morgan fingerprint density at radius 3 is 2.09 bits per heavy atom. The average Bonchev–Trinajstić information content (AvgIpc) is 1.83. The van der Waals surface area contributed by atoms with Gasteiger partial charge in [0.25, 0.3) is 0 Å². The van der Waals surface area contributed by atoms with Gasteiger partial charge in [-0.15, -0.1) is 11.6 Å². The van der Waals surface area contributed by atoms with Crippen molar-refractivity contribution in [2.45, 2.75) is 24.6 Å². The van der Waals surface area contributed by atoms with Crippen molar-refractivity contribution in [2.24, 2.45) is 0 Å². The van der Waals surface area contributed by atoms with E-state index in [1.165, 1.54) is 0 Å². The summed E-state index contributed by atoms with van der Waals surface area (Å²) in [5, 5.41) is 1.35. The summed E-state index contributed by atoms with van der Waals surface area (Å²) in [6, 6.07) is 0. The molecule has 0 spiro atoms. The first-order chi connectivity index (χ1) is 4.22. The van der Waals surface area contributed by atoms with Crippen LogP contribution in [0.4, 0.5) is 0 Å². The van der Waals surface area contributed by atoms with Gasteiger partial charge < -0.3 is 0 Å². The molecule has 0 fully saturated rings. The van der Waals surface area contributed by atoms with E-state index in [0.29, 0.717) is 5.03 Å². The number of rotatable bonds is 0. The molecule has 11 heavy (non-hydrogen) atoms. The van der Waals surface area contributed by atoms with Crippen LogP contribution in [-0.2, 0) is 42.1 Å². The summed E-state index contributed by atoms with van der Waals surface area (Å²) in [5.74, 6) is 0. The zero-order chi connectivity index (χ0) is 6.85. The molecule has 72 valence electrons. The number of allylic oxidation sites excluding steroid dienone is 2. The first-order valence-electron chi connectivity index (χ1n) is 2.90. The van der Waals surface area contributed by atoms with Crippen LogP contribution < -0.4 is 0 Å². The van der Waals surface area contributed by atoms with Crippen molar-refractivity contribution in [1.29, 1.82) is 0 Å². The van der Waals surface area contributed by atoms with Crippen LogP contribution in [0.1, 0.15) is 19.3 Å². The summed E-state index contributed by atoms with van der Waals surface area (Å²) >= 11 is 17.2. The van der Waals surface area contributed by atoms with Crippen LogP contribution >= 0.6 is 34.8 Å². The summed E-state index contributed by atoms with van der Waals surface area (Å²) in [7, 11) is 0. The Morgan fingerprint density at radius 1 is 1.18 bits per heavy atom. The summed E-state index contributed by atoms with van der Waals surface area (Å²) in [6.45, 7) is 0. The van der Waals surface area contributed by atoms with Crippen LogP contribution in [-0.4, -0.2) is 5.38 Å². The summed E-state index contributed by atoms with van der Waals surface area (Å²) in [4.78, 5) is 0. The second-order valence-electron chi connectivity index (χ2n) is 2.11. The van der Waals surface area contributed by atoms with Crippen molar-refractivity contribution in [3.63, 3.8) is 0 Å². The molecule has 1 atom stereocenters. The average molecular weight is 576 g/mol. The van der Waals surface area contributed by atoms with Crippen LogP contribution in [0, 0.1) is 0 Å². The van der Waals surface area contributed by atoms with Gasteiger partial charge in [-0.25, -0.2) is 0 Å². The van der Waals surface area contributed by atoms with E-state index in [-0.39, 0.29) is 47.5 Å². The summed E-state index contributed by atoms with van der Waals surface area (Å²) < 4.78 is 0. The van der Waals surface area contributed by atoms with Gasteiger partial charge in [0.2, 0.25) is 0 Å². The quantitative estimate of drug-likeness (QED) is 0.389. The minimum absolute atomic E-state index is 0. The normalized spacial score (nSPS) is 23.7. The number of alkyl halides is 1. The van der Waals surface area contributed by atoms with E-state index in [0.717, 1.165) is 24.3 Å². The Kier molecular flexibility index (Phi) is 10.4. The fraction of sp³-hybridized carbons (Fsp3) is 0.667. The summed E-state index contributed by atoms with van der Waals surface area (Å²) in [6.07, 6.45) is 2.91. The first kappa shape index (κ1) is 15.5. The van der Waals surface area contributed by atoms with Crippen LogP contribution in [0.5, 0.6) is 0 Å². The molecular weight excluding hydrogens is 569 g/mol. The maximum atomic E-state index is 5.79. The molecular formula is C6H7Cl3Pt2. The molecule has 1 rings (SSSR count). The van der Waals surface area contributed by atoms with E-state index in [9.17, 15) is 0 Å². The monoisotopic (exact) mass is 574 g/mol. The maximum absolute atomic E-state index is 5.79. The Bertz CT molecular complexity index is 147. The largest absolute Gasteiger partial charge is 0.117 e. The molecule has 0 saturated carbocycles. The fourth-order valence-corrected chi connectivity index (χ4v) is 1.66. The Hall–Kier alpha value is 1.99.